The Kier molecular flexibility index (Phi) is 3.26. The van der Waals surface area contributed by atoms with Crippen molar-refractivity contribution in [1.29, 1.82) is 5.26 Å². The minimum Gasteiger partial charge on any atom is -0.396 e. The van der Waals surface area contributed by atoms with Crippen molar-refractivity contribution >= 4 is 33.1 Å². The number of nitrogens with one attached hydrogen (secondary N) is 1. The smallest absolute Gasteiger partial charge is 0.153 e. The summed E-state index contributed by atoms with van der Waals surface area (Å²) < 4.78 is 0.855. The fraction of sp³-hybridized carbons (Fsp3) is 0. The molecule has 0 amide bonds. The first kappa shape index (κ1) is 11.4. The molecule has 0 aliphatic carbocycles. The van der Waals surface area contributed by atoms with E-state index in [1.54, 1.807) is 30.5 Å². The van der Waals surface area contributed by atoms with E-state index in [4.69, 9.17) is 11.0 Å². The van der Waals surface area contributed by atoms with E-state index in [0.717, 1.165) is 4.47 Å². The van der Waals surface area contributed by atoms with E-state index in [1.165, 1.54) is 0 Å². The lowest BCUT2D eigenvalue weighted by atomic mass is 10.2. The van der Waals surface area contributed by atoms with Gasteiger partial charge in [-0.2, -0.15) is 5.26 Å². The van der Waals surface area contributed by atoms with Crippen LogP contribution >= 0.6 is 15.9 Å². The molecule has 0 radical (unpaired) electrons. The third kappa shape index (κ3) is 2.55. The van der Waals surface area contributed by atoms with Gasteiger partial charge in [0.15, 0.2) is 5.82 Å². The second-order valence-electron chi connectivity index (χ2n) is 3.37. The molecule has 0 aliphatic heterocycles. The van der Waals surface area contributed by atoms with Gasteiger partial charge in [0.25, 0.3) is 0 Å². The molecule has 0 fully saturated rings. The first-order valence-electron chi connectivity index (χ1n) is 4.88. The second-order valence-corrected chi connectivity index (χ2v) is 4.28. The normalized spacial score (nSPS) is 9.65. The predicted molar refractivity (Wildman–Crippen MR) is 70.8 cm³/mol. The predicted octanol–water partition coefficient (Wildman–Crippen LogP) is 3.04. The average molecular weight is 289 g/mol. The van der Waals surface area contributed by atoms with Crippen molar-refractivity contribution in [2.24, 2.45) is 0 Å². The lowest BCUT2D eigenvalue weighted by Crippen LogP contribution is -2.00. The maximum absolute atomic E-state index is 9.03. The highest BCUT2D eigenvalue weighted by Gasteiger charge is 2.05. The maximum Gasteiger partial charge on any atom is 0.153 e. The molecule has 0 saturated heterocycles. The number of halogens is 1. The summed E-state index contributed by atoms with van der Waals surface area (Å²) in [6.45, 7) is 0. The monoisotopic (exact) mass is 288 g/mol. The molecule has 0 bridgehead atoms. The van der Waals surface area contributed by atoms with Gasteiger partial charge in [-0.05, 0) is 30.3 Å². The van der Waals surface area contributed by atoms with E-state index in [2.05, 4.69) is 32.3 Å². The van der Waals surface area contributed by atoms with Crippen LogP contribution in [0.1, 0.15) is 5.56 Å². The fourth-order valence-electron chi connectivity index (χ4n) is 1.37. The molecule has 0 saturated carbocycles. The van der Waals surface area contributed by atoms with Gasteiger partial charge in [-0.25, -0.2) is 4.98 Å². The molecule has 1 aromatic carbocycles. The van der Waals surface area contributed by atoms with Crippen LogP contribution in [0, 0.1) is 11.3 Å². The van der Waals surface area contributed by atoms with Crippen LogP contribution in [0.15, 0.2) is 41.0 Å². The molecule has 0 aliphatic rings. The number of hydrogen-bond acceptors (Lipinski definition) is 4. The largest absolute Gasteiger partial charge is 0.396 e. The number of benzene rings is 1. The molecule has 1 aromatic heterocycles. The third-order valence-electron chi connectivity index (χ3n) is 2.19. The number of nitrogen functional groups attached to an aromatic ring is 1. The van der Waals surface area contributed by atoms with Crippen LogP contribution in [0.25, 0.3) is 0 Å². The molecule has 17 heavy (non-hydrogen) atoms. The summed E-state index contributed by atoms with van der Waals surface area (Å²) >= 11 is 3.32. The van der Waals surface area contributed by atoms with Crippen molar-refractivity contribution in [2.75, 3.05) is 11.1 Å². The van der Waals surface area contributed by atoms with Gasteiger partial charge in [0.05, 0.1) is 16.9 Å². The molecule has 4 nitrogen and oxygen atoms in total. The van der Waals surface area contributed by atoms with Crippen LogP contribution in [-0.2, 0) is 0 Å². The number of rotatable bonds is 2. The SMILES string of the molecule is N#Cc1cc(Br)ccc1Nc1ncccc1N. The molecular weight excluding hydrogens is 280 g/mol. The quantitative estimate of drug-likeness (QED) is 0.891. The summed E-state index contributed by atoms with van der Waals surface area (Å²) in [5.41, 5.74) is 7.53. The van der Waals surface area contributed by atoms with Crippen LogP contribution in [0.4, 0.5) is 17.2 Å². The van der Waals surface area contributed by atoms with Crippen molar-refractivity contribution in [1.82, 2.24) is 4.98 Å². The average Bonchev–Trinajstić information content (AvgIpc) is 2.34. The molecule has 2 aromatic rings. The zero-order valence-corrected chi connectivity index (χ0v) is 10.4. The van der Waals surface area contributed by atoms with Crippen molar-refractivity contribution in [3.8, 4) is 6.07 Å². The number of nitriles is 1. The van der Waals surface area contributed by atoms with Gasteiger partial charge >= 0.3 is 0 Å². The van der Waals surface area contributed by atoms with Crippen molar-refractivity contribution in [2.45, 2.75) is 0 Å². The van der Waals surface area contributed by atoms with Crippen LogP contribution < -0.4 is 11.1 Å². The highest BCUT2D eigenvalue weighted by molar-refractivity contribution is 9.10. The van der Waals surface area contributed by atoms with Crippen molar-refractivity contribution in [3.05, 3.63) is 46.6 Å². The summed E-state index contributed by atoms with van der Waals surface area (Å²) in [7, 11) is 0. The zero-order valence-electron chi connectivity index (χ0n) is 8.81. The van der Waals surface area contributed by atoms with Gasteiger partial charge < -0.3 is 11.1 Å². The van der Waals surface area contributed by atoms with E-state index in [9.17, 15) is 0 Å². The summed E-state index contributed by atoms with van der Waals surface area (Å²) in [6, 6.07) is 11.0. The Hall–Kier alpha value is -2.06. The Balaban J connectivity index is 2.37. The number of hydrogen-bond donors (Lipinski definition) is 2. The lowest BCUT2D eigenvalue weighted by molar-refractivity contribution is 1.31. The molecule has 5 heteroatoms. The van der Waals surface area contributed by atoms with E-state index in [-0.39, 0.29) is 0 Å². The molecule has 3 N–H and O–H groups in total. The molecule has 0 unspecified atom stereocenters. The van der Waals surface area contributed by atoms with E-state index >= 15 is 0 Å². The Labute approximate surface area is 107 Å². The van der Waals surface area contributed by atoms with Gasteiger partial charge in [0.1, 0.15) is 6.07 Å². The summed E-state index contributed by atoms with van der Waals surface area (Å²) in [5.74, 6) is 0.548. The molecule has 1 heterocycles. The Morgan fingerprint density at radius 1 is 1.35 bits per heavy atom. The Morgan fingerprint density at radius 2 is 2.18 bits per heavy atom. The first-order valence-corrected chi connectivity index (χ1v) is 5.67. The number of nitrogens with two attached hydrogens (primary N) is 1. The number of pyridine rings is 1. The summed E-state index contributed by atoms with van der Waals surface area (Å²) in [5, 5.41) is 12.1. The summed E-state index contributed by atoms with van der Waals surface area (Å²) in [4.78, 5) is 4.11. The van der Waals surface area contributed by atoms with Gasteiger partial charge in [-0.3, -0.25) is 0 Å². The number of nitrogens with zero attached hydrogens (tertiary/aromatic N) is 2. The molecule has 2 rings (SSSR count). The van der Waals surface area contributed by atoms with Gasteiger partial charge in [-0.1, -0.05) is 15.9 Å². The minimum absolute atomic E-state index is 0.532. The van der Waals surface area contributed by atoms with Crippen LogP contribution in [0.3, 0.4) is 0 Å². The zero-order chi connectivity index (χ0) is 12.3. The van der Waals surface area contributed by atoms with E-state index in [0.29, 0.717) is 22.8 Å². The van der Waals surface area contributed by atoms with Crippen LogP contribution in [0.5, 0.6) is 0 Å². The minimum atomic E-state index is 0.532. The van der Waals surface area contributed by atoms with E-state index in [1.807, 2.05) is 6.07 Å². The van der Waals surface area contributed by atoms with Gasteiger partial charge in [0, 0.05) is 10.7 Å². The molecule has 0 spiro atoms. The lowest BCUT2D eigenvalue weighted by Gasteiger charge is -2.09. The van der Waals surface area contributed by atoms with Crippen molar-refractivity contribution < 1.29 is 0 Å². The second kappa shape index (κ2) is 4.85. The number of anilines is 3. The standard InChI is InChI=1S/C12H9BrN4/c13-9-3-4-11(8(6-9)7-14)17-12-10(15)2-1-5-16-12/h1-6H,15H2,(H,16,17). The molecule has 0 atom stereocenters. The van der Waals surface area contributed by atoms with Gasteiger partial charge in [-0.15, -0.1) is 0 Å². The number of aromatic nitrogens is 1. The van der Waals surface area contributed by atoms with E-state index < -0.39 is 0 Å². The van der Waals surface area contributed by atoms with Crippen LogP contribution in [-0.4, -0.2) is 4.98 Å². The van der Waals surface area contributed by atoms with Crippen molar-refractivity contribution in [3.63, 3.8) is 0 Å². The highest BCUT2D eigenvalue weighted by atomic mass is 79.9. The first-order chi connectivity index (χ1) is 8.20. The van der Waals surface area contributed by atoms with Gasteiger partial charge in [0.2, 0.25) is 0 Å². The molecular formula is C12H9BrN4. The Bertz CT molecular complexity index is 589. The Morgan fingerprint density at radius 3 is 2.88 bits per heavy atom. The van der Waals surface area contributed by atoms with Crippen LogP contribution in [0.2, 0.25) is 0 Å². The maximum atomic E-state index is 9.03. The fourth-order valence-corrected chi connectivity index (χ4v) is 1.73. The summed E-state index contributed by atoms with van der Waals surface area (Å²) in [6.07, 6.45) is 1.64. The molecule has 84 valence electrons. The highest BCUT2D eigenvalue weighted by Crippen LogP contribution is 2.25. The topological polar surface area (TPSA) is 74.7 Å². The third-order valence-corrected chi connectivity index (χ3v) is 2.69.